The summed E-state index contributed by atoms with van der Waals surface area (Å²) >= 11 is 0. The summed E-state index contributed by atoms with van der Waals surface area (Å²) < 4.78 is 26.1. The molecule has 0 amide bonds. The lowest BCUT2D eigenvalue weighted by atomic mass is 10.3. The summed E-state index contributed by atoms with van der Waals surface area (Å²) in [6.45, 7) is 7.14. The lowest BCUT2D eigenvalue weighted by molar-refractivity contribution is 0.196. The number of sulfonamides is 1. The van der Waals surface area contributed by atoms with Crippen LogP contribution in [0.4, 0.5) is 0 Å². The van der Waals surface area contributed by atoms with Crippen molar-refractivity contribution in [3.05, 3.63) is 0 Å². The van der Waals surface area contributed by atoms with Crippen molar-refractivity contribution in [3.63, 3.8) is 0 Å². The number of hydrogen-bond acceptors (Lipinski definition) is 4. The molecule has 17 heavy (non-hydrogen) atoms. The van der Waals surface area contributed by atoms with Crippen LogP contribution in [0.15, 0.2) is 0 Å². The first-order chi connectivity index (χ1) is 8.12. The van der Waals surface area contributed by atoms with Gasteiger partial charge in [0.1, 0.15) is 0 Å². The van der Waals surface area contributed by atoms with Crippen molar-refractivity contribution in [3.8, 4) is 0 Å². The molecule has 0 aromatic carbocycles. The Labute approximate surface area is 104 Å². The maximum atomic E-state index is 12.2. The zero-order valence-corrected chi connectivity index (χ0v) is 11.4. The van der Waals surface area contributed by atoms with Gasteiger partial charge in [0.15, 0.2) is 0 Å². The van der Waals surface area contributed by atoms with Crippen molar-refractivity contribution in [1.82, 2.24) is 14.5 Å². The smallest absolute Gasteiger partial charge is 0.215 e. The van der Waals surface area contributed by atoms with Crippen LogP contribution < -0.4 is 5.32 Å². The normalized spacial score (nSPS) is 28.6. The summed E-state index contributed by atoms with van der Waals surface area (Å²) in [6, 6.07) is 0.171. The summed E-state index contributed by atoms with van der Waals surface area (Å²) in [5, 5.41) is 3.26. The van der Waals surface area contributed by atoms with E-state index in [1.165, 1.54) is 0 Å². The summed E-state index contributed by atoms with van der Waals surface area (Å²) in [7, 11) is -3.05. The van der Waals surface area contributed by atoms with Crippen molar-refractivity contribution in [2.75, 3.05) is 45.0 Å². The third-order valence-electron chi connectivity index (χ3n) is 3.75. The number of nitrogens with zero attached hydrogens (tertiary/aromatic N) is 2. The Bertz CT molecular complexity index is 331. The van der Waals surface area contributed by atoms with Gasteiger partial charge in [0.05, 0.1) is 5.75 Å². The van der Waals surface area contributed by atoms with Crippen LogP contribution in [0.2, 0.25) is 0 Å². The van der Waals surface area contributed by atoms with Crippen LogP contribution >= 0.6 is 0 Å². The van der Waals surface area contributed by atoms with Crippen LogP contribution in [-0.4, -0.2) is 68.7 Å². The molecular formula is C11H23N3O2S. The molecule has 6 heteroatoms. The molecule has 0 radical (unpaired) electrons. The van der Waals surface area contributed by atoms with Crippen LogP contribution in [0.3, 0.4) is 0 Å². The molecule has 0 aromatic heterocycles. The monoisotopic (exact) mass is 261 g/mol. The van der Waals surface area contributed by atoms with Gasteiger partial charge in [0, 0.05) is 32.2 Å². The fourth-order valence-electron chi connectivity index (χ4n) is 2.58. The Kier molecular flexibility index (Phi) is 4.41. The van der Waals surface area contributed by atoms with Gasteiger partial charge in [0.25, 0.3) is 0 Å². The minimum absolute atomic E-state index is 0.171. The second-order valence-electron chi connectivity index (χ2n) is 4.91. The molecule has 0 saturated carbocycles. The second-order valence-corrected chi connectivity index (χ2v) is 6.92. The number of nitrogens with one attached hydrogen (secondary N) is 1. The van der Waals surface area contributed by atoms with Gasteiger partial charge in [-0.15, -0.1) is 0 Å². The highest BCUT2D eigenvalue weighted by Gasteiger charge is 2.29. The Balaban J connectivity index is 1.87. The van der Waals surface area contributed by atoms with Crippen molar-refractivity contribution in [2.24, 2.45) is 0 Å². The van der Waals surface area contributed by atoms with Gasteiger partial charge >= 0.3 is 0 Å². The molecule has 1 atom stereocenters. The predicted octanol–water partition coefficient (Wildman–Crippen LogP) is -0.294. The Morgan fingerprint density at radius 3 is 2.47 bits per heavy atom. The van der Waals surface area contributed by atoms with Gasteiger partial charge in [0.2, 0.25) is 10.0 Å². The number of piperazine rings is 1. The Morgan fingerprint density at radius 1 is 1.24 bits per heavy atom. The fourth-order valence-corrected chi connectivity index (χ4v) is 4.31. The van der Waals surface area contributed by atoms with Crippen molar-refractivity contribution in [1.29, 1.82) is 0 Å². The predicted molar refractivity (Wildman–Crippen MR) is 68.5 cm³/mol. The van der Waals surface area contributed by atoms with Crippen LogP contribution in [0.1, 0.15) is 19.8 Å². The Hall–Kier alpha value is -0.170. The lowest BCUT2D eigenvalue weighted by Crippen LogP contribution is -2.50. The second kappa shape index (κ2) is 5.65. The van der Waals surface area contributed by atoms with E-state index >= 15 is 0 Å². The molecule has 2 heterocycles. The van der Waals surface area contributed by atoms with Gasteiger partial charge in [-0.05, 0) is 25.9 Å². The highest BCUT2D eigenvalue weighted by molar-refractivity contribution is 7.89. The molecule has 0 aliphatic carbocycles. The first kappa shape index (κ1) is 13.3. The largest absolute Gasteiger partial charge is 0.313 e. The topological polar surface area (TPSA) is 52.7 Å². The zero-order valence-electron chi connectivity index (χ0n) is 10.6. The lowest BCUT2D eigenvalue weighted by Gasteiger charge is -2.33. The zero-order chi connectivity index (χ0) is 12.3. The van der Waals surface area contributed by atoms with Gasteiger partial charge in [-0.25, -0.2) is 8.42 Å². The van der Waals surface area contributed by atoms with Crippen LogP contribution in [0.25, 0.3) is 0 Å². The molecule has 0 bridgehead atoms. The number of likely N-dealkylation sites (N-methyl/N-ethyl adjacent to an activating group) is 1. The third kappa shape index (κ3) is 3.40. The van der Waals surface area contributed by atoms with Gasteiger partial charge in [-0.1, -0.05) is 6.92 Å². The van der Waals surface area contributed by atoms with Gasteiger partial charge in [-0.3, -0.25) is 0 Å². The molecule has 5 nitrogen and oxygen atoms in total. The molecule has 100 valence electrons. The maximum absolute atomic E-state index is 12.2. The molecule has 1 unspecified atom stereocenters. The highest BCUT2D eigenvalue weighted by atomic mass is 32.2. The van der Waals surface area contributed by atoms with Crippen LogP contribution in [-0.2, 0) is 10.0 Å². The van der Waals surface area contributed by atoms with Gasteiger partial charge < -0.3 is 10.2 Å². The van der Waals surface area contributed by atoms with Crippen molar-refractivity contribution < 1.29 is 8.42 Å². The van der Waals surface area contributed by atoms with Crippen LogP contribution in [0, 0.1) is 0 Å². The number of hydrogen-bond donors (Lipinski definition) is 1. The molecule has 2 saturated heterocycles. The fraction of sp³-hybridized carbons (Fsp3) is 1.00. The molecular weight excluding hydrogens is 238 g/mol. The molecule has 0 spiro atoms. The van der Waals surface area contributed by atoms with Gasteiger partial charge in [-0.2, -0.15) is 4.31 Å². The van der Waals surface area contributed by atoms with E-state index in [1.807, 2.05) is 0 Å². The standard InChI is InChI=1S/C11H23N3O2S/c1-2-13-6-8-14(9-7-13)17(15,16)10-11-4-3-5-12-11/h11-12H,2-10H2,1H3. The van der Waals surface area contributed by atoms with E-state index in [2.05, 4.69) is 17.1 Å². The van der Waals surface area contributed by atoms with E-state index in [0.717, 1.165) is 39.0 Å². The van der Waals surface area contributed by atoms with E-state index in [1.54, 1.807) is 4.31 Å². The average Bonchev–Trinajstić information content (AvgIpc) is 2.81. The SMILES string of the molecule is CCN1CCN(S(=O)(=O)CC2CCCN2)CC1. The first-order valence-corrected chi connectivity index (χ1v) is 8.16. The minimum atomic E-state index is -3.05. The summed E-state index contributed by atoms with van der Waals surface area (Å²) in [5.41, 5.74) is 0. The van der Waals surface area contributed by atoms with E-state index in [4.69, 9.17) is 0 Å². The number of rotatable bonds is 4. The maximum Gasteiger partial charge on any atom is 0.215 e. The van der Waals surface area contributed by atoms with Crippen molar-refractivity contribution >= 4 is 10.0 Å². The molecule has 2 aliphatic rings. The van der Waals surface area contributed by atoms with E-state index < -0.39 is 10.0 Å². The third-order valence-corrected chi connectivity index (χ3v) is 5.72. The minimum Gasteiger partial charge on any atom is -0.313 e. The van der Waals surface area contributed by atoms with E-state index in [9.17, 15) is 8.42 Å². The molecule has 2 aliphatic heterocycles. The molecule has 2 rings (SSSR count). The summed E-state index contributed by atoms with van der Waals surface area (Å²) in [6.07, 6.45) is 2.10. The summed E-state index contributed by atoms with van der Waals surface area (Å²) in [5.74, 6) is 0.277. The first-order valence-electron chi connectivity index (χ1n) is 6.55. The quantitative estimate of drug-likeness (QED) is 0.755. The van der Waals surface area contributed by atoms with Crippen molar-refractivity contribution in [2.45, 2.75) is 25.8 Å². The average molecular weight is 261 g/mol. The van der Waals surface area contributed by atoms with Crippen LogP contribution in [0.5, 0.6) is 0 Å². The molecule has 0 aromatic rings. The van der Waals surface area contributed by atoms with E-state index in [-0.39, 0.29) is 11.8 Å². The molecule has 1 N–H and O–H groups in total. The van der Waals surface area contributed by atoms with E-state index in [0.29, 0.717) is 13.1 Å². The highest BCUT2D eigenvalue weighted by Crippen LogP contribution is 2.13. The molecule has 2 fully saturated rings. The Morgan fingerprint density at radius 2 is 1.94 bits per heavy atom. The summed E-state index contributed by atoms with van der Waals surface area (Å²) in [4.78, 5) is 2.29.